The number of nitrogens with one attached hydrogen (secondary N) is 1. The number of carbonyl (C=O) groups excluding carboxylic acids is 2. The Kier molecular flexibility index (Phi) is 7.44. The largest absolute Gasteiger partial charge is 0.487 e. The van der Waals surface area contributed by atoms with Gasteiger partial charge in [0.05, 0.1) is 17.1 Å². The van der Waals surface area contributed by atoms with Crippen LogP contribution in [0.2, 0.25) is 5.02 Å². The van der Waals surface area contributed by atoms with Crippen LogP contribution in [0.15, 0.2) is 42.5 Å². The highest BCUT2D eigenvalue weighted by Gasteiger charge is 2.36. The highest BCUT2D eigenvalue weighted by molar-refractivity contribution is 6.32. The van der Waals surface area contributed by atoms with Gasteiger partial charge in [0, 0.05) is 37.8 Å². The van der Waals surface area contributed by atoms with Crippen LogP contribution in [0, 0.1) is 0 Å². The molecule has 2 aliphatic rings. The molecule has 6 nitrogen and oxygen atoms in total. The Balaban J connectivity index is 1.39. The van der Waals surface area contributed by atoms with E-state index in [2.05, 4.69) is 5.32 Å². The van der Waals surface area contributed by atoms with Crippen molar-refractivity contribution in [3.8, 4) is 5.75 Å². The molecule has 1 N–H and O–H groups in total. The first kappa shape index (κ1) is 25.2. The van der Waals surface area contributed by atoms with Crippen LogP contribution in [-0.4, -0.2) is 48.5 Å². The van der Waals surface area contributed by atoms with E-state index in [0.29, 0.717) is 43.9 Å². The van der Waals surface area contributed by atoms with Crippen molar-refractivity contribution in [3.05, 3.63) is 53.1 Å². The number of anilines is 2. The fraction of sp³-hybridized carbons (Fsp3) is 0.440. The molecular formula is C25H27ClF3N3O3. The zero-order chi connectivity index (χ0) is 25.2. The van der Waals surface area contributed by atoms with Crippen LogP contribution in [0.4, 0.5) is 24.5 Å². The topological polar surface area (TPSA) is 61.9 Å². The van der Waals surface area contributed by atoms with Gasteiger partial charge in [-0.1, -0.05) is 23.7 Å². The van der Waals surface area contributed by atoms with Gasteiger partial charge in [-0.3, -0.25) is 9.59 Å². The highest BCUT2D eigenvalue weighted by atomic mass is 35.5. The molecule has 0 aromatic heterocycles. The second kappa shape index (κ2) is 10.4. The lowest BCUT2D eigenvalue weighted by molar-refractivity contribution is -0.138. The van der Waals surface area contributed by atoms with E-state index in [0.717, 1.165) is 18.9 Å². The maximum absolute atomic E-state index is 13.4. The van der Waals surface area contributed by atoms with Crippen LogP contribution in [0.5, 0.6) is 5.75 Å². The van der Waals surface area contributed by atoms with E-state index in [1.165, 1.54) is 19.1 Å². The van der Waals surface area contributed by atoms with E-state index in [1.54, 1.807) is 34.1 Å². The molecule has 10 heteroatoms. The Bertz CT molecular complexity index is 1100. The summed E-state index contributed by atoms with van der Waals surface area (Å²) >= 11 is 6.39. The third-order valence-corrected chi connectivity index (χ3v) is 6.69. The van der Waals surface area contributed by atoms with Gasteiger partial charge in [0.1, 0.15) is 17.9 Å². The Labute approximate surface area is 207 Å². The summed E-state index contributed by atoms with van der Waals surface area (Å²) in [7, 11) is 0. The lowest BCUT2D eigenvalue weighted by Crippen LogP contribution is -2.49. The molecule has 2 atom stereocenters. The zero-order valence-electron chi connectivity index (χ0n) is 19.3. The summed E-state index contributed by atoms with van der Waals surface area (Å²) in [4.78, 5) is 27.9. The number of carbonyl (C=O) groups is 2. The third kappa shape index (κ3) is 5.83. The number of piperidine rings is 1. The molecule has 2 amide bonds. The molecule has 0 bridgehead atoms. The van der Waals surface area contributed by atoms with Crippen molar-refractivity contribution in [1.29, 1.82) is 0 Å². The maximum atomic E-state index is 13.4. The molecule has 2 fully saturated rings. The SMILES string of the molecule is CC(=O)N1CCCC[C@@H]1C(=O)Nc1ccc(O[C@H]2CCN(c3ccccc3C(F)(F)F)C2)c(Cl)c1. The molecule has 0 unspecified atom stereocenters. The second-order valence-electron chi connectivity index (χ2n) is 8.85. The summed E-state index contributed by atoms with van der Waals surface area (Å²) in [5.41, 5.74) is -0.0498. The van der Waals surface area contributed by atoms with Gasteiger partial charge >= 0.3 is 6.18 Å². The molecule has 35 heavy (non-hydrogen) atoms. The Morgan fingerprint density at radius 1 is 1.09 bits per heavy atom. The van der Waals surface area contributed by atoms with Gasteiger partial charge in [0.15, 0.2) is 0 Å². The molecule has 2 heterocycles. The van der Waals surface area contributed by atoms with Gasteiger partial charge in [0.25, 0.3) is 0 Å². The number of hydrogen-bond acceptors (Lipinski definition) is 4. The van der Waals surface area contributed by atoms with E-state index in [4.69, 9.17) is 16.3 Å². The van der Waals surface area contributed by atoms with Crippen molar-refractivity contribution in [2.24, 2.45) is 0 Å². The average Bonchev–Trinajstić information content (AvgIpc) is 3.29. The number of rotatable bonds is 5. The number of hydrogen-bond donors (Lipinski definition) is 1. The molecule has 0 aliphatic carbocycles. The smallest absolute Gasteiger partial charge is 0.418 e. The number of likely N-dealkylation sites (tertiary alicyclic amines) is 1. The number of benzene rings is 2. The standard InChI is InChI=1S/C25H27ClF3N3O3/c1-16(33)32-12-5-4-8-22(32)24(34)30-17-9-10-23(20(26)14-17)35-18-11-13-31(15-18)21-7-3-2-6-19(21)25(27,28)29/h2-3,6-7,9-10,14,18,22H,4-5,8,11-13,15H2,1H3,(H,30,34)/t18-,22+/m0/s1. The molecule has 4 rings (SSSR count). The van der Waals surface area contributed by atoms with Crippen LogP contribution < -0.4 is 15.0 Å². The number of halogens is 4. The molecule has 2 aromatic carbocycles. The minimum absolute atomic E-state index is 0.130. The van der Waals surface area contributed by atoms with E-state index in [1.807, 2.05) is 0 Å². The molecule has 2 saturated heterocycles. The monoisotopic (exact) mass is 509 g/mol. The predicted octanol–water partition coefficient (Wildman–Crippen LogP) is 5.36. The van der Waals surface area contributed by atoms with Crippen LogP contribution in [-0.2, 0) is 15.8 Å². The summed E-state index contributed by atoms with van der Waals surface area (Å²) in [6, 6.07) is 9.86. The molecule has 2 aliphatic heterocycles. The number of para-hydroxylation sites is 1. The van der Waals surface area contributed by atoms with Crippen molar-refractivity contribution in [3.63, 3.8) is 0 Å². The Hall–Kier alpha value is -2.94. The number of nitrogens with zero attached hydrogens (tertiary/aromatic N) is 2. The fourth-order valence-electron chi connectivity index (χ4n) is 4.69. The minimum Gasteiger partial charge on any atom is -0.487 e. The van der Waals surface area contributed by atoms with Crippen LogP contribution in [0.3, 0.4) is 0 Å². The molecule has 0 spiro atoms. The second-order valence-corrected chi connectivity index (χ2v) is 9.26. The first-order valence-corrected chi connectivity index (χ1v) is 12.0. The minimum atomic E-state index is -4.43. The fourth-order valence-corrected chi connectivity index (χ4v) is 4.92. The first-order chi connectivity index (χ1) is 16.6. The van der Waals surface area contributed by atoms with Gasteiger partial charge in [0.2, 0.25) is 11.8 Å². The lowest BCUT2D eigenvalue weighted by atomic mass is 10.0. The highest BCUT2D eigenvalue weighted by Crippen LogP contribution is 2.38. The molecule has 0 saturated carbocycles. The normalized spacial score (nSPS) is 20.6. The number of alkyl halides is 3. The van der Waals surface area contributed by atoms with E-state index < -0.39 is 17.8 Å². The predicted molar refractivity (Wildman–Crippen MR) is 128 cm³/mol. The lowest BCUT2D eigenvalue weighted by Gasteiger charge is -2.33. The quantitative estimate of drug-likeness (QED) is 0.590. The number of ether oxygens (including phenoxy) is 1. The Morgan fingerprint density at radius 3 is 2.57 bits per heavy atom. The first-order valence-electron chi connectivity index (χ1n) is 11.6. The van der Waals surface area contributed by atoms with E-state index in [-0.39, 0.29) is 28.6 Å². The Morgan fingerprint density at radius 2 is 1.86 bits per heavy atom. The van der Waals surface area contributed by atoms with Gasteiger partial charge in [-0.15, -0.1) is 0 Å². The summed E-state index contributed by atoms with van der Waals surface area (Å²) in [6.45, 7) is 2.75. The molecular weight excluding hydrogens is 483 g/mol. The van der Waals surface area contributed by atoms with Crippen LogP contribution in [0.25, 0.3) is 0 Å². The summed E-state index contributed by atoms with van der Waals surface area (Å²) in [5, 5.41) is 3.10. The molecule has 188 valence electrons. The van der Waals surface area contributed by atoms with E-state index >= 15 is 0 Å². The van der Waals surface area contributed by atoms with Crippen molar-refractivity contribution in [2.75, 3.05) is 29.9 Å². The molecule has 2 aromatic rings. The maximum Gasteiger partial charge on any atom is 0.418 e. The zero-order valence-corrected chi connectivity index (χ0v) is 20.0. The summed E-state index contributed by atoms with van der Waals surface area (Å²) in [6.07, 6.45) is -1.86. The number of amides is 2. The van der Waals surface area contributed by atoms with Crippen molar-refractivity contribution < 1.29 is 27.5 Å². The van der Waals surface area contributed by atoms with Crippen molar-refractivity contribution in [1.82, 2.24) is 4.90 Å². The van der Waals surface area contributed by atoms with Crippen molar-refractivity contribution >= 4 is 34.8 Å². The van der Waals surface area contributed by atoms with Gasteiger partial charge in [-0.2, -0.15) is 13.2 Å². The van der Waals surface area contributed by atoms with Gasteiger partial charge in [-0.25, -0.2) is 0 Å². The third-order valence-electron chi connectivity index (χ3n) is 6.40. The summed E-state index contributed by atoms with van der Waals surface area (Å²) in [5.74, 6) is -0.00172. The molecule has 0 radical (unpaired) electrons. The van der Waals surface area contributed by atoms with Crippen LogP contribution in [0.1, 0.15) is 38.2 Å². The van der Waals surface area contributed by atoms with Gasteiger partial charge < -0.3 is 19.9 Å². The summed E-state index contributed by atoms with van der Waals surface area (Å²) < 4.78 is 46.1. The van der Waals surface area contributed by atoms with Crippen molar-refractivity contribution in [2.45, 2.75) is 50.9 Å². The van der Waals surface area contributed by atoms with E-state index in [9.17, 15) is 22.8 Å². The average molecular weight is 510 g/mol. The van der Waals surface area contributed by atoms with Crippen LogP contribution >= 0.6 is 11.6 Å². The van der Waals surface area contributed by atoms with Gasteiger partial charge in [-0.05, 0) is 49.6 Å².